The maximum absolute atomic E-state index is 12.8. The van der Waals surface area contributed by atoms with E-state index in [0.29, 0.717) is 19.6 Å². The Morgan fingerprint density at radius 1 is 1.19 bits per heavy atom. The molecule has 1 fully saturated rings. The molecule has 1 aromatic heterocycles. The highest BCUT2D eigenvalue weighted by molar-refractivity contribution is 5.99. The Kier molecular flexibility index (Phi) is 4.61. The molecule has 1 aromatic carbocycles. The molecule has 1 amide bonds. The number of Topliss-reactive ketones (excluding diaryl/α,β-unsaturated/α-hetero) is 1. The third-order valence-corrected chi connectivity index (χ3v) is 5.14. The fourth-order valence-electron chi connectivity index (χ4n) is 3.66. The average molecular weight is 369 g/mol. The summed E-state index contributed by atoms with van der Waals surface area (Å²) in [7, 11) is 0. The number of nitrogens with one attached hydrogen (secondary N) is 1. The van der Waals surface area contributed by atoms with Crippen LogP contribution in [0.3, 0.4) is 0 Å². The maximum atomic E-state index is 12.8. The molecule has 2 aromatic rings. The van der Waals surface area contributed by atoms with E-state index in [1.54, 1.807) is 0 Å². The number of ketones is 1. The number of amides is 1. The van der Waals surface area contributed by atoms with Crippen molar-refractivity contribution < 1.29 is 19.1 Å². The topological polar surface area (TPSA) is 72.8 Å². The molecular weight excluding hydrogens is 346 g/mol. The van der Waals surface area contributed by atoms with E-state index in [0.717, 1.165) is 34.0 Å². The lowest BCUT2D eigenvalue weighted by molar-refractivity contribution is -0.123. The minimum atomic E-state index is -0.0256. The van der Waals surface area contributed by atoms with Crippen molar-refractivity contribution in [1.29, 1.82) is 0 Å². The van der Waals surface area contributed by atoms with E-state index in [1.165, 1.54) is 0 Å². The van der Waals surface area contributed by atoms with Gasteiger partial charge in [-0.15, -0.1) is 0 Å². The molecule has 0 spiro atoms. The molecule has 0 saturated carbocycles. The van der Waals surface area contributed by atoms with Crippen LogP contribution in [0.1, 0.15) is 27.3 Å². The molecule has 1 saturated heterocycles. The van der Waals surface area contributed by atoms with Gasteiger partial charge in [0.1, 0.15) is 0 Å². The van der Waals surface area contributed by atoms with Crippen molar-refractivity contribution in [3.8, 4) is 11.5 Å². The number of hydrogen-bond acceptors (Lipinski definition) is 5. The predicted octanol–water partition coefficient (Wildman–Crippen LogP) is 1.50. The summed E-state index contributed by atoms with van der Waals surface area (Å²) in [5.41, 5.74) is 3.79. The van der Waals surface area contributed by atoms with Gasteiger partial charge < -0.3 is 19.4 Å². The van der Waals surface area contributed by atoms with Crippen molar-refractivity contribution in [2.24, 2.45) is 0 Å². The molecule has 2 aliphatic rings. The molecule has 0 unspecified atom stereocenters. The zero-order chi connectivity index (χ0) is 19.0. The highest BCUT2D eigenvalue weighted by atomic mass is 16.7. The van der Waals surface area contributed by atoms with Crippen molar-refractivity contribution in [3.05, 3.63) is 46.8 Å². The van der Waals surface area contributed by atoms with Crippen molar-refractivity contribution in [2.75, 3.05) is 33.0 Å². The number of aryl methyl sites for hydroxylation is 1. The fourth-order valence-corrected chi connectivity index (χ4v) is 3.66. The molecule has 2 aliphatic heterocycles. The van der Waals surface area contributed by atoms with Crippen LogP contribution < -0.4 is 14.8 Å². The first-order valence-corrected chi connectivity index (χ1v) is 9.09. The van der Waals surface area contributed by atoms with Crippen LogP contribution in [0, 0.1) is 13.8 Å². The lowest BCUT2D eigenvalue weighted by Crippen LogP contribution is -2.49. The van der Waals surface area contributed by atoms with Crippen molar-refractivity contribution in [2.45, 2.75) is 20.4 Å². The first kappa shape index (κ1) is 17.6. The Hall–Kier alpha value is -2.80. The monoisotopic (exact) mass is 369 g/mol. The number of aromatic nitrogens is 1. The minimum Gasteiger partial charge on any atom is -0.454 e. The van der Waals surface area contributed by atoms with Crippen LogP contribution in [0.5, 0.6) is 11.5 Å². The van der Waals surface area contributed by atoms with E-state index in [9.17, 15) is 9.59 Å². The second-order valence-corrected chi connectivity index (χ2v) is 7.04. The summed E-state index contributed by atoms with van der Waals surface area (Å²) < 4.78 is 12.9. The van der Waals surface area contributed by atoms with Gasteiger partial charge >= 0.3 is 0 Å². The zero-order valence-electron chi connectivity index (χ0n) is 15.6. The molecule has 0 bridgehead atoms. The van der Waals surface area contributed by atoms with Gasteiger partial charge in [0.05, 0.1) is 13.1 Å². The summed E-state index contributed by atoms with van der Waals surface area (Å²) >= 11 is 0. The van der Waals surface area contributed by atoms with Gasteiger partial charge in [-0.3, -0.25) is 14.5 Å². The van der Waals surface area contributed by atoms with Crippen LogP contribution in [-0.2, 0) is 11.3 Å². The van der Waals surface area contributed by atoms with E-state index in [1.807, 2.05) is 43.0 Å². The molecule has 4 rings (SSSR count). The van der Waals surface area contributed by atoms with Crippen LogP contribution in [0.2, 0.25) is 0 Å². The smallest absolute Gasteiger partial charge is 0.234 e. The average Bonchev–Trinajstić information content (AvgIpc) is 3.21. The van der Waals surface area contributed by atoms with Gasteiger partial charge in [-0.2, -0.15) is 0 Å². The SMILES string of the molecule is Cc1cc(C(=O)CN2CCNC(=O)C2)c(C)n1Cc1ccc2c(c1)OCO2. The summed E-state index contributed by atoms with van der Waals surface area (Å²) in [6.45, 7) is 6.73. The largest absolute Gasteiger partial charge is 0.454 e. The molecule has 7 nitrogen and oxygen atoms in total. The Morgan fingerprint density at radius 3 is 2.81 bits per heavy atom. The molecule has 0 aliphatic carbocycles. The predicted molar refractivity (Wildman–Crippen MR) is 99.4 cm³/mol. The molecule has 142 valence electrons. The van der Waals surface area contributed by atoms with Gasteiger partial charge in [0.15, 0.2) is 17.3 Å². The van der Waals surface area contributed by atoms with Crippen LogP contribution >= 0.6 is 0 Å². The second-order valence-electron chi connectivity index (χ2n) is 7.04. The van der Waals surface area contributed by atoms with Gasteiger partial charge in [-0.1, -0.05) is 6.07 Å². The molecule has 27 heavy (non-hydrogen) atoms. The van der Waals surface area contributed by atoms with E-state index in [4.69, 9.17) is 9.47 Å². The highest BCUT2D eigenvalue weighted by Crippen LogP contribution is 2.33. The molecule has 0 atom stereocenters. The molecular formula is C20H23N3O4. The molecule has 3 heterocycles. The third-order valence-electron chi connectivity index (χ3n) is 5.14. The van der Waals surface area contributed by atoms with Crippen LogP contribution in [0.4, 0.5) is 0 Å². The number of benzene rings is 1. The second kappa shape index (κ2) is 7.08. The number of hydrogen-bond donors (Lipinski definition) is 1. The Morgan fingerprint density at radius 2 is 2.00 bits per heavy atom. The van der Waals surface area contributed by atoms with Crippen molar-refractivity contribution in [3.63, 3.8) is 0 Å². The number of rotatable bonds is 5. The molecule has 0 radical (unpaired) electrons. The number of piperazine rings is 1. The standard InChI is InChI=1S/C20H23N3O4/c1-13-7-16(17(24)10-22-6-5-21-20(25)11-22)14(2)23(13)9-15-3-4-18-19(8-15)27-12-26-18/h3-4,7-8H,5-6,9-12H2,1-2H3,(H,21,25). The first-order valence-electron chi connectivity index (χ1n) is 9.09. The first-order chi connectivity index (χ1) is 13.0. The molecule has 7 heteroatoms. The Bertz CT molecular complexity index is 903. The summed E-state index contributed by atoms with van der Waals surface area (Å²) in [5, 5.41) is 2.78. The Balaban J connectivity index is 1.51. The normalized spacial score (nSPS) is 16.4. The number of carbonyl (C=O) groups excluding carboxylic acids is 2. The summed E-state index contributed by atoms with van der Waals surface area (Å²) in [6.07, 6.45) is 0. The highest BCUT2D eigenvalue weighted by Gasteiger charge is 2.22. The number of nitrogens with zero attached hydrogens (tertiary/aromatic N) is 2. The van der Waals surface area contributed by atoms with Crippen LogP contribution in [0.15, 0.2) is 24.3 Å². The van der Waals surface area contributed by atoms with Gasteiger partial charge in [0.2, 0.25) is 12.7 Å². The van der Waals surface area contributed by atoms with Crippen molar-refractivity contribution in [1.82, 2.24) is 14.8 Å². The van der Waals surface area contributed by atoms with E-state index < -0.39 is 0 Å². The Labute approximate surface area is 157 Å². The summed E-state index contributed by atoms with van der Waals surface area (Å²) in [5.74, 6) is 1.55. The van der Waals surface area contributed by atoms with Crippen molar-refractivity contribution >= 4 is 11.7 Å². The van der Waals surface area contributed by atoms with E-state index in [-0.39, 0.29) is 31.6 Å². The lowest BCUT2D eigenvalue weighted by Gasteiger charge is -2.25. The summed E-state index contributed by atoms with van der Waals surface area (Å²) in [4.78, 5) is 26.2. The summed E-state index contributed by atoms with van der Waals surface area (Å²) in [6, 6.07) is 7.85. The third kappa shape index (κ3) is 3.55. The van der Waals surface area contributed by atoms with Gasteiger partial charge in [-0.25, -0.2) is 0 Å². The van der Waals surface area contributed by atoms with Crippen LogP contribution in [-0.4, -0.2) is 54.1 Å². The number of ether oxygens (including phenoxy) is 2. The molecule has 1 N–H and O–H groups in total. The van der Waals surface area contributed by atoms with E-state index in [2.05, 4.69) is 9.88 Å². The van der Waals surface area contributed by atoms with Crippen LogP contribution in [0.25, 0.3) is 0 Å². The lowest BCUT2D eigenvalue weighted by atomic mass is 10.1. The van der Waals surface area contributed by atoms with Gasteiger partial charge in [0, 0.05) is 36.6 Å². The fraction of sp³-hybridized carbons (Fsp3) is 0.400. The van der Waals surface area contributed by atoms with Gasteiger partial charge in [0.25, 0.3) is 0 Å². The maximum Gasteiger partial charge on any atom is 0.234 e. The van der Waals surface area contributed by atoms with E-state index >= 15 is 0 Å². The number of fused-ring (bicyclic) bond motifs is 1. The zero-order valence-corrected chi connectivity index (χ0v) is 15.6. The minimum absolute atomic E-state index is 0.0256. The van der Waals surface area contributed by atoms with Gasteiger partial charge in [-0.05, 0) is 37.6 Å². The number of carbonyl (C=O) groups is 2. The quantitative estimate of drug-likeness (QED) is 0.809.